The van der Waals surface area contributed by atoms with E-state index in [4.69, 9.17) is 0 Å². The molecule has 0 rings (SSSR count). The van der Waals surface area contributed by atoms with E-state index in [1.54, 1.807) is 7.05 Å². The average molecular weight is 151 g/mol. The first kappa shape index (κ1) is 10.2. The molecule has 0 amide bonds. The van der Waals surface area contributed by atoms with Crippen LogP contribution in [0.2, 0.25) is 0 Å². The Kier molecular flexibility index (Phi) is 5.56. The van der Waals surface area contributed by atoms with Crippen LogP contribution in [-0.2, 0) is 0 Å². The fourth-order valence-corrected chi connectivity index (χ4v) is 0.524. The van der Waals surface area contributed by atoms with Crippen LogP contribution in [-0.4, -0.2) is 13.3 Å². The van der Waals surface area contributed by atoms with Crippen molar-refractivity contribution in [1.29, 1.82) is 0 Å². The van der Waals surface area contributed by atoms with Gasteiger partial charge in [0, 0.05) is 25.6 Å². The third kappa shape index (κ3) is 5.66. The van der Waals surface area contributed by atoms with Gasteiger partial charge in [-0.15, -0.1) is 0 Å². The third-order valence-electron chi connectivity index (χ3n) is 1.71. The van der Waals surface area contributed by atoms with Gasteiger partial charge in [-0.25, -0.2) is 0 Å². The van der Waals surface area contributed by atoms with Crippen LogP contribution in [0.3, 0.4) is 0 Å². The first-order valence-corrected chi connectivity index (χ1v) is 4.07. The van der Waals surface area contributed by atoms with Crippen molar-refractivity contribution in [3.8, 4) is 11.8 Å². The molecule has 0 saturated heterocycles. The lowest BCUT2D eigenvalue weighted by Gasteiger charge is -2.05. The van der Waals surface area contributed by atoms with Crippen molar-refractivity contribution >= 4 is 6.21 Å². The van der Waals surface area contributed by atoms with Crippen molar-refractivity contribution in [1.82, 2.24) is 0 Å². The van der Waals surface area contributed by atoms with Gasteiger partial charge >= 0.3 is 0 Å². The molecule has 0 bridgehead atoms. The van der Waals surface area contributed by atoms with Gasteiger partial charge in [-0.2, -0.15) is 0 Å². The molecule has 62 valence electrons. The molecule has 0 aliphatic rings. The fourth-order valence-electron chi connectivity index (χ4n) is 0.524. The molecule has 1 unspecified atom stereocenters. The minimum absolute atomic E-state index is 0.500. The van der Waals surface area contributed by atoms with Crippen LogP contribution < -0.4 is 0 Å². The number of hydrogen-bond donors (Lipinski definition) is 0. The fraction of sp³-hybridized carbons (Fsp3) is 0.700. The summed E-state index contributed by atoms with van der Waals surface area (Å²) in [4.78, 5) is 3.85. The van der Waals surface area contributed by atoms with E-state index in [0.717, 1.165) is 6.42 Å². The molecular weight excluding hydrogens is 134 g/mol. The van der Waals surface area contributed by atoms with E-state index in [9.17, 15) is 0 Å². The van der Waals surface area contributed by atoms with Crippen molar-refractivity contribution in [2.75, 3.05) is 7.05 Å². The van der Waals surface area contributed by atoms with Crippen molar-refractivity contribution < 1.29 is 0 Å². The molecule has 0 radical (unpaired) electrons. The van der Waals surface area contributed by atoms with E-state index in [1.165, 1.54) is 0 Å². The predicted molar refractivity (Wildman–Crippen MR) is 50.8 cm³/mol. The second-order valence-electron chi connectivity index (χ2n) is 3.00. The summed E-state index contributed by atoms with van der Waals surface area (Å²) in [7, 11) is 1.77. The summed E-state index contributed by atoms with van der Waals surface area (Å²) in [5.41, 5.74) is 0. The molecule has 0 saturated carbocycles. The number of aliphatic imine (C=N–C) groups is 1. The van der Waals surface area contributed by atoms with Crippen LogP contribution >= 0.6 is 0 Å². The molecule has 0 aliphatic heterocycles. The predicted octanol–water partition coefficient (Wildman–Crippen LogP) is 2.37. The molecule has 0 N–H and O–H groups in total. The Morgan fingerprint density at radius 1 is 1.36 bits per heavy atom. The van der Waals surface area contributed by atoms with E-state index in [-0.39, 0.29) is 0 Å². The minimum atomic E-state index is 0.500. The van der Waals surface area contributed by atoms with E-state index < -0.39 is 0 Å². The molecule has 0 aromatic rings. The minimum Gasteiger partial charge on any atom is -0.300 e. The highest BCUT2D eigenvalue weighted by atomic mass is 14.6. The van der Waals surface area contributed by atoms with E-state index >= 15 is 0 Å². The van der Waals surface area contributed by atoms with Gasteiger partial charge in [0.25, 0.3) is 0 Å². The largest absolute Gasteiger partial charge is 0.300 e. The summed E-state index contributed by atoms with van der Waals surface area (Å²) in [6.45, 7) is 6.53. The lowest BCUT2D eigenvalue weighted by atomic mass is 9.99. The Labute approximate surface area is 69.9 Å². The van der Waals surface area contributed by atoms with Crippen molar-refractivity contribution in [2.24, 2.45) is 16.8 Å². The van der Waals surface area contributed by atoms with Gasteiger partial charge in [-0.1, -0.05) is 32.6 Å². The second kappa shape index (κ2) is 5.97. The van der Waals surface area contributed by atoms with Crippen molar-refractivity contribution in [3.05, 3.63) is 0 Å². The van der Waals surface area contributed by atoms with Crippen molar-refractivity contribution in [2.45, 2.75) is 27.2 Å². The zero-order valence-electron chi connectivity index (χ0n) is 7.89. The summed E-state index contributed by atoms with van der Waals surface area (Å²) in [6, 6.07) is 0. The van der Waals surface area contributed by atoms with Gasteiger partial charge in [0.2, 0.25) is 0 Å². The zero-order chi connectivity index (χ0) is 8.69. The van der Waals surface area contributed by atoms with Gasteiger partial charge in [-0.05, 0) is 5.92 Å². The van der Waals surface area contributed by atoms with Gasteiger partial charge in [-0.3, -0.25) is 4.99 Å². The molecule has 1 nitrogen and oxygen atoms in total. The molecule has 0 fully saturated rings. The highest BCUT2D eigenvalue weighted by Gasteiger charge is 2.00. The number of hydrogen-bond acceptors (Lipinski definition) is 1. The van der Waals surface area contributed by atoms with Crippen molar-refractivity contribution in [3.63, 3.8) is 0 Å². The molecule has 1 heteroatoms. The molecule has 0 aromatic heterocycles. The first-order chi connectivity index (χ1) is 5.18. The van der Waals surface area contributed by atoms with Gasteiger partial charge in [0.05, 0.1) is 0 Å². The molecule has 1 atom stereocenters. The molecule has 11 heavy (non-hydrogen) atoms. The van der Waals surface area contributed by atoms with Gasteiger partial charge in [0.15, 0.2) is 0 Å². The Balaban J connectivity index is 3.68. The Morgan fingerprint density at radius 3 is 2.45 bits per heavy atom. The maximum Gasteiger partial charge on any atom is 0.0439 e. The standard InChI is InChI=1S/C10H17N/c1-9(2)10(3)7-5-6-8-11-4/h8-10H,6H2,1-4H3/b11-8-. The second-order valence-corrected chi connectivity index (χ2v) is 3.00. The summed E-state index contributed by atoms with van der Waals surface area (Å²) in [6.07, 6.45) is 2.62. The Bertz CT molecular complexity index is 169. The lowest BCUT2D eigenvalue weighted by molar-refractivity contribution is 0.520. The smallest absolute Gasteiger partial charge is 0.0439 e. The number of rotatable bonds is 2. The van der Waals surface area contributed by atoms with Crippen LogP contribution in [0.25, 0.3) is 0 Å². The van der Waals surface area contributed by atoms with Crippen LogP contribution in [0, 0.1) is 23.7 Å². The third-order valence-corrected chi connectivity index (χ3v) is 1.71. The highest BCUT2D eigenvalue weighted by molar-refractivity contribution is 5.60. The quantitative estimate of drug-likeness (QED) is 0.424. The van der Waals surface area contributed by atoms with Crippen LogP contribution in [0.15, 0.2) is 4.99 Å². The molecular formula is C10H17N. The average Bonchev–Trinajstić information content (AvgIpc) is 1.97. The molecule has 0 aromatic carbocycles. The number of nitrogens with zero attached hydrogens (tertiary/aromatic N) is 1. The monoisotopic (exact) mass is 151 g/mol. The maximum absolute atomic E-state index is 3.85. The molecule has 0 heterocycles. The van der Waals surface area contributed by atoms with E-state index in [2.05, 4.69) is 37.6 Å². The summed E-state index contributed by atoms with van der Waals surface area (Å²) in [5.74, 6) is 7.40. The Hall–Kier alpha value is -0.770. The Morgan fingerprint density at radius 2 is 2.00 bits per heavy atom. The molecule has 0 spiro atoms. The zero-order valence-corrected chi connectivity index (χ0v) is 7.89. The van der Waals surface area contributed by atoms with Crippen LogP contribution in [0.5, 0.6) is 0 Å². The van der Waals surface area contributed by atoms with Crippen LogP contribution in [0.1, 0.15) is 27.2 Å². The maximum atomic E-state index is 3.85. The SMILES string of the molecule is C/N=C\CC#CC(C)C(C)C. The van der Waals surface area contributed by atoms with E-state index in [0.29, 0.717) is 11.8 Å². The normalized spacial score (nSPS) is 13.2. The van der Waals surface area contributed by atoms with Gasteiger partial charge in [0.1, 0.15) is 0 Å². The van der Waals surface area contributed by atoms with Crippen LogP contribution in [0.4, 0.5) is 0 Å². The highest BCUT2D eigenvalue weighted by Crippen LogP contribution is 2.06. The lowest BCUT2D eigenvalue weighted by Crippen LogP contribution is -1.99. The van der Waals surface area contributed by atoms with Gasteiger partial charge < -0.3 is 0 Å². The summed E-state index contributed by atoms with van der Waals surface area (Å²) < 4.78 is 0. The summed E-state index contributed by atoms with van der Waals surface area (Å²) in [5, 5.41) is 0. The van der Waals surface area contributed by atoms with E-state index in [1.807, 2.05) is 6.21 Å². The summed E-state index contributed by atoms with van der Waals surface area (Å²) >= 11 is 0. The topological polar surface area (TPSA) is 12.4 Å². The first-order valence-electron chi connectivity index (χ1n) is 4.07. The molecule has 0 aliphatic carbocycles.